The van der Waals surface area contributed by atoms with Gasteiger partial charge in [-0.2, -0.15) is 0 Å². The Morgan fingerprint density at radius 3 is 2.64 bits per heavy atom. The molecule has 0 fully saturated rings. The molecule has 0 aromatic heterocycles. The number of aromatic hydroxyl groups is 1. The summed E-state index contributed by atoms with van der Waals surface area (Å²) in [4.78, 5) is 2.18. The summed E-state index contributed by atoms with van der Waals surface area (Å²) in [6, 6.07) is 7.53. The first-order chi connectivity index (χ1) is 6.59. The maximum Gasteiger partial charge on any atom is 0.115 e. The van der Waals surface area contributed by atoms with Gasteiger partial charge >= 0.3 is 0 Å². The van der Waals surface area contributed by atoms with E-state index in [0.29, 0.717) is 11.7 Å². The second-order valence-electron chi connectivity index (χ2n) is 4.09. The topological polar surface area (TPSA) is 23.5 Å². The minimum Gasteiger partial charge on any atom is -0.508 e. The predicted molar refractivity (Wildman–Crippen MR) is 59.7 cm³/mol. The van der Waals surface area contributed by atoms with Gasteiger partial charge in [0, 0.05) is 0 Å². The number of rotatable bonds is 4. The van der Waals surface area contributed by atoms with Crippen molar-refractivity contribution in [3.8, 4) is 5.75 Å². The van der Waals surface area contributed by atoms with E-state index < -0.39 is 0 Å². The number of nitrogens with zero attached hydrogens (tertiary/aromatic N) is 1. The third kappa shape index (κ3) is 3.38. The number of hydrogen-bond acceptors (Lipinski definition) is 2. The highest BCUT2D eigenvalue weighted by Crippen LogP contribution is 2.22. The van der Waals surface area contributed by atoms with Gasteiger partial charge in [-0.15, -0.1) is 0 Å². The van der Waals surface area contributed by atoms with E-state index in [2.05, 4.69) is 32.0 Å². The standard InChI is InChI=1S/C12H19NO/c1-10(7-8-13(2)3)11-5-4-6-12(14)9-11/h4-6,9-10,14H,7-8H2,1-3H3. The van der Waals surface area contributed by atoms with Crippen molar-refractivity contribution >= 4 is 0 Å². The molecule has 0 spiro atoms. The van der Waals surface area contributed by atoms with Gasteiger partial charge in [0.15, 0.2) is 0 Å². The van der Waals surface area contributed by atoms with Crippen LogP contribution < -0.4 is 0 Å². The fraction of sp³-hybridized carbons (Fsp3) is 0.500. The quantitative estimate of drug-likeness (QED) is 0.794. The Bertz CT molecular complexity index is 283. The molecule has 0 heterocycles. The first-order valence-electron chi connectivity index (χ1n) is 5.03. The largest absolute Gasteiger partial charge is 0.508 e. The molecule has 1 aromatic carbocycles. The third-order valence-corrected chi connectivity index (χ3v) is 2.45. The monoisotopic (exact) mass is 193 g/mol. The summed E-state index contributed by atoms with van der Waals surface area (Å²) in [6.07, 6.45) is 1.12. The lowest BCUT2D eigenvalue weighted by molar-refractivity contribution is 0.385. The minimum atomic E-state index is 0.360. The van der Waals surface area contributed by atoms with Crippen LogP contribution in [0.25, 0.3) is 0 Å². The fourth-order valence-electron chi connectivity index (χ4n) is 1.45. The molecule has 0 saturated carbocycles. The molecule has 0 radical (unpaired) electrons. The molecule has 1 rings (SSSR count). The van der Waals surface area contributed by atoms with Crippen LogP contribution in [0.5, 0.6) is 5.75 Å². The van der Waals surface area contributed by atoms with E-state index in [-0.39, 0.29) is 0 Å². The summed E-state index contributed by atoms with van der Waals surface area (Å²) in [5, 5.41) is 9.33. The molecule has 14 heavy (non-hydrogen) atoms. The van der Waals surface area contributed by atoms with Crippen LogP contribution in [-0.4, -0.2) is 30.6 Å². The molecule has 0 aliphatic heterocycles. The highest BCUT2D eigenvalue weighted by atomic mass is 16.3. The zero-order valence-corrected chi connectivity index (χ0v) is 9.20. The smallest absolute Gasteiger partial charge is 0.115 e. The van der Waals surface area contributed by atoms with Crippen LogP contribution in [0.1, 0.15) is 24.8 Å². The van der Waals surface area contributed by atoms with Crippen molar-refractivity contribution in [1.29, 1.82) is 0 Å². The van der Waals surface area contributed by atoms with Gasteiger partial charge in [0.05, 0.1) is 0 Å². The lowest BCUT2D eigenvalue weighted by atomic mass is 9.97. The van der Waals surface area contributed by atoms with Gasteiger partial charge in [-0.3, -0.25) is 0 Å². The van der Waals surface area contributed by atoms with Crippen LogP contribution in [0, 0.1) is 0 Å². The molecule has 78 valence electrons. The fourth-order valence-corrected chi connectivity index (χ4v) is 1.45. The summed E-state index contributed by atoms with van der Waals surface area (Å²) < 4.78 is 0. The Hall–Kier alpha value is -1.02. The molecular formula is C12H19NO. The lowest BCUT2D eigenvalue weighted by Crippen LogP contribution is -2.14. The van der Waals surface area contributed by atoms with Crippen LogP contribution in [-0.2, 0) is 0 Å². The molecule has 0 bridgehead atoms. The summed E-state index contributed by atoms with van der Waals surface area (Å²) in [6.45, 7) is 3.27. The van der Waals surface area contributed by atoms with Crippen molar-refractivity contribution in [2.45, 2.75) is 19.3 Å². The van der Waals surface area contributed by atoms with Gasteiger partial charge < -0.3 is 10.0 Å². The number of hydrogen-bond donors (Lipinski definition) is 1. The highest BCUT2D eigenvalue weighted by Gasteiger charge is 2.06. The molecule has 0 aliphatic rings. The molecule has 1 unspecified atom stereocenters. The van der Waals surface area contributed by atoms with Crippen molar-refractivity contribution in [1.82, 2.24) is 4.90 Å². The molecule has 1 atom stereocenters. The van der Waals surface area contributed by atoms with Gasteiger partial charge in [-0.1, -0.05) is 19.1 Å². The maximum atomic E-state index is 9.33. The van der Waals surface area contributed by atoms with Crippen molar-refractivity contribution in [3.05, 3.63) is 29.8 Å². The molecule has 0 aliphatic carbocycles. The van der Waals surface area contributed by atoms with Crippen molar-refractivity contribution in [2.24, 2.45) is 0 Å². The molecular weight excluding hydrogens is 174 g/mol. The van der Waals surface area contributed by atoms with Crippen molar-refractivity contribution in [3.63, 3.8) is 0 Å². The predicted octanol–water partition coefficient (Wildman–Crippen LogP) is 2.45. The lowest BCUT2D eigenvalue weighted by Gasteiger charge is -2.15. The Kier molecular flexibility index (Phi) is 3.96. The second kappa shape index (κ2) is 5.01. The maximum absolute atomic E-state index is 9.33. The van der Waals surface area contributed by atoms with Gasteiger partial charge in [-0.05, 0) is 50.7 Å². The summed E-state index contributed by atoms with van der Waals surface area (Å²) >= 11 is 0. The van der Waals surface area contributed by atoms with E-state index in [0.717, 1.165) is 13.0 Å². The van der Waals surface area contributed by atoms with E-state index in [4.69, 9.17) is 0 Å². The second-order valence-corrected chi connectivity index (χ2v) is 4.09. The van der Waals surface area contributed by atoms with E-state index in [1.54, 1.807) is 6.07 Å². The number of phenolic OH excluding ortho intramolecular Hbond substituents is 1. The van der Waals surface area contributed by atoms with Gasteiger partial charge in [0.1, 0.15) is 5.75 Å². The Morgan fingerprint density at radius 1 is 1.36 bits per heavy atom. The molecule has 1 N–H and O–H groups in total. The SMILES string of the molecule is CC(CCN(C)C)c1cccc(O)c1. The van der Waals surface area contributed by atoms with Gasteiger partial charge in [0.2, 0.25) is 0 Å². The zero-order valence-electron chi connectivity index (χ0n) is 9.20. The molecule has 0 saturated heterocycles. The van der Waals surface area contributed by atoms with E-state index in [1.807, 2.05) is 12.1 Å². The van der Waals surface area contributed by atoms with Crippen molar-refractivity contribution < 1.29 is 5.11 Å². The van der Waals surface area contributed by atoms with Crippen LogP contribution >= 0.6 is 0 Å². The average Bonchev–Trinajstić information content (AvgIpc) is 2.14. The van der Waals surface area contributed by atoms with Crippen LogP contribution in [0.3, 0.4) is 0 Å². The third-order valence-electron chi connectivity index (χ3n) is 2.45. The van der Waals surface area contributed by atoms with Crippen LogP contribution in [0.4, 0.5) is 0 Å². The van der Waals surface area contributed by atoms with Crippen molar-refractivity contribution in [2.75, 3.05) is 20.6 Å². The summed E-state index contributed by atoms with van der Waals surface area (Å²) in [7, 11) is 4.16. The molecule has 1 aromatic rings. The summed E-state index contributed by atoms with van der Waals surface area (Å²) in [5.41, 5.74) is 1.21. The molecule has 2 heteroatoms. The normalized spacial score (nSPS) is 13.1. The first kappa shape index (κ1) is 11.1. The average molecular weight is 193 g/mol. The molecule has 0 amide bonds. The van der Waals surface area contributed by atoms with Gasteiger partial charge in [-0.25, -0.2) is 0 Å². The number of benzene rings is 1. The minimum absolute atomic E-state index is 0.360. The van der Waals surface area contributed by atoms with Gasteiger partial charge in [0.25, 0.3) is 0 Å². The van der Waals surface area contributed by atoms with Crippen LogP contribution in [0.15, 0.2) is 24.3 Å². The van der Waals surface area contributed by atoms with E-state index in [1.165, 1.54) is 5.56 Å². The highest BCUT2D eigenvalue weighted by molar-refractivity contribution is 5.29. The van der Waals surface area contributed by atoms with E-state index >= 15 is 0 Å². The van der Waals surface area contributed by atoms with E-state index in [9.17, 15) is 5.11 Å². The Labute approximate surface area is 86.2 Å². The summed E-state index contributed by atoms with van der Waals surface area (Å²) in [5.74, 6) is 0.865. The first-order valence-corrected chi connectivity index (χ1v) is 5.03. The van der Waals surface area contributed by atoms with Crippen LogP contribution in [0.2, 0.25) is 0 Å². The zero-order chi connectivity index (χ0) is 10.6. The number of phenols is 1. The Balaban J connectivity index is 2.56. The molecule has 2 nitrogen and oxygen atoms in total. The Morgan fingerprint density at radius 2 is 2.07 bits per heavy atom.